The molecule has 0 saturated carbocycles. The van der Waals surface area contributed by atoms with Crippen LogP contribution >= 0.6 is 11.3 Å². The van der Waals surface area contributed by atoms with Gasteiger partial charge in [0.05, 0.1) is 16.4 Å². The van der Waals surface area contributed by atoms with Gasteiger partial charge >= 0.3 is 0 Å². The Morgan fingerprint density at radius 2 is 2.21 bits per heavy atom. The first-order chi connectivity index (χ1) is 9.22. The summed E-state index contributed by atoms with van der Waals surface area (Å²) in [6, 6.07) is 4.28. The van der Waals surface area contributed by atoms with Crippen molar-refractivity contribution in [3.05, 3.63) is 48.3 Å². The van der Waals surface area contributed by atoms with Crippen molar-refractivity contribution in [2.75, 3.05) is 5.32 Å². The summed E-state index contributed by atoms with van der Waals surface area (Å²) in [5.41, 5.74) is 0.841. The van der Waals surface area contributed by atoms with Crippen LogP contribution in [0.3, 0.4) is 0 Å². The Balaban J connectivity index is 1.87. The van der Waals surface area contributed by atoms with Crippen LogP contribution in [-0.2, 0) is 0 Å². The third-order valence-corrected chi connectivity index (χ3v) is 3.30. The Morgan fingerprint density at radius 3 is 3.00 bits per heavy atom. The summed E-state index contributed by atoms with van der Waals surface area (Å²) in [6.07, 6.45) is 4.28. The number of amides is 1. The van der Waals surface area contributed by atoms with E-state index in [2.05, 4.69) is 20.3 Å². The number of aromatic nitrogens is 3. The summed E-state index contributed by atoms with van der Waals surface area (Å²) in [6.45, 7) is 0. The maximum absolute atomic E-state index is 13.0. The van der Waals surface area contributed by atoms with E-state index in [-0.39, 0.29) is 11.5 Å². The second kappa shape index (κ2) is 4.69. The quantitative estimate of drug-likeness (QED) is 0.779. The average molecular weight is 274 g/mol. The molecule has 0 atom stereocenters. The minimum Gasteiger partial charge on any atom is -0.296 e. The van der Waals surface area contributed by atoms with Gasteiger partial charge < -0.3 is 0 Å². The van der Waals surface area contributed by atoms with E-state index in [9.17, 15) is 9.18 Å². The number of hydrogen-bond acceptors (Lipinski definition) is 5. The lowest BCUT2D eigenvalue weighted by molar-refractivity contribution is 0.102. The lowest BCUT2D eigenvalue weighted by atomic mass is 10.3. The van der Waals surface area contributed by atoms with Gasteiger partial charge in [0, 0.05) is 12.4 Å². The Morgan fingerprint density at radius 1 is 1.32 bits per heavy atom. The number of carbonyl (C=O) groups excluding carboxylic acids is 1. The number of carbonyl (C=O) groups is 1. The van der Waals surface area contributed by atoms with Crippen molar-refractivity contribution in [3.8, 4) is 0 Å². The first kappa shape index (κ1) is 11.7. The van der Waals surface area contributed by atoms with Crippen molar-refractivity contribution in [3.63, 3.8) is 0 Å². The highest BCUT2D eigenvalue weighted by atomic mass is 32.1. The molecule has 1 amide bonds. The van der Waals surface area contributed by atoms with Crippen molar-refractivity contribution < 1.29 is 9.18 Å². The number of anilines is 1. The van der Waals surface area contributed by atoms with Crippen molar-refractivity contribution in [2.45, 2.75) is 0 Å². The van der Waals surface area contributed by atoms with Crippen LogP contribution in [0.5, 0.6) is 0 Å². The minimum atomic E-state index is -0.396. The number of nitrogens with one attached hydrogen (secondary N) is 1. The molecule has 0 unspecified atom stereocenters. The van der Waals surface area contributed by atoms with Crippen LogP contribution in [0.1, 0.15) is 10.5 Å². The molecule has 2 heterocycles. The van der Waals surface area contributed by atoms with Crippen molar-refractivity contribution in [2.24, 2.45) is 0 Å². The van der Waals surface area contributed by atoms with Gasteiger partial charge in [0.15, 0.2) is 5.13 Å². The van der Waals surface area contributed by atoms with Gasteiger partial charge in [0.1, 0.15) is 11.5 Å². The normalized spacial score (nSPS) is 10.6. The molecule has 0 aliphatic carbocycles. The summed E-state index contributed by atoms with van der Waals surface area (Å²) in [5, 5.41) is 3.01. The van der Waals surface area contributed by atoms with Crippen LogP contribution < -0.4 is 5.32 Å². The lowest BCUT2D eigenvalue weighted by Gasteiger charge is -1.98. The highest BCUT2D eigenvalue weighted by molar-refractivity contribution is 7.22. The molecule has 0 bridgehead atoms. The Labute approximate surface area is 111 Å². The van der Waals surface area contributed by atoms with Gasteiger partial charge in [-0.15, -0.1) is 0 Å². The van der Waals surface area contributed by atoms with E-state index in [4.69, 9.17) is 0 Å². The number of benzene rings is 1. The number of hydrogen-bond donors (Lipinski definition) is 1. The number of thiazole rings is 1. The topological polar surface area (TPSA) is 67.8 Å². The van der Waals surface area contributed by atoms with Crippen LogP contribution in [0, 0.1) is 5.82 Å². The van der Waals surface area contributed by atoms with Crippen molar-refractivity contribution in [1.82, 2.24) is 15.0 Å². The van der Waals surface area contributed by atoms with E-state index in [1.165, 1.54) is 42.1 Å². The van der Waals surface area contributed by atoms with Crippen LogP contribution in [0.15, 0.2) is 36.8 Å². The molecule has 2 aromatic heterocycles. The predicted octanol–water partition coefficient (Wildman–Crippen LogP) is 2.48. The Hall–Kier alpha value is -2.41. The zero-order chi connectivity index (χ0) is 13.2. The molecule has 0 aliphatic heterocycles. The molecule has 0 saturated heterocycles. The molecule has 1 N–H and O–H groups in total. The van der Waals surface area contributed by atoms with E-state index >= 15 is 0 Å². The van der Waals surface area contributed by atoms with Crippen molar-refractivity contribution in [1.29, 1.82) is 0 Å². The fourth-order valence-corrected chi connectivity index (χ4v) is 2.42. The number of fused-ring (bicyclic) bond motifs is 1. The summed E-state index contributed by atoms with van der Waals surface area (Å²) in [7, 11) is 0. The SMILES string of the molecule is O=C(Nc1nc2ccc(F)cc2s1)c1cnccn1. The first-order valence-corrected chi connectivity index (χ1v) is 6.17. The molecule has 3 aromatic rings. The van der Waals surface area contributed by atoms with Gasteiger partial charge in [-0.05, 0) is 18.2 Å². The van der Waals surface area contributed by atoms with Crippen LogP contribution in [0.25, 0.3) is 10.2 Å². The minimum absolute atomic E-state index is 0.202. The van der Waals surface area contributed by atoms with E-state index in [0.717, 1.165) is 0 Å². The molecule has 7 heteroatoms. The highest BCUT2D eigenvalue weighted by Crippen LogP contribution is 2.26. The molecule has 3 rings (SSSR count). The standard InChI is InChI=1S/C12H7FN4OS/c13-7-1-2-8-10(5-7)19-12(16-8)17-11(18)9-6-14-3-4-15-9/h1-6H,(H,16,17,18). The maximum atomic E-state index is 13.0. The van der Waals surface area contributed by atoms with Gasteiger partial charge in [-0.25, -0.2) is 14.4 Å². The van der Waals surface area contributed by atoms with E-state index in [1.54, 1.807) is 6.07 Å². The van der Waals surface area contributed by atoms with Gasteiger partial charge in [-0.3, -0.25) is 15.1 Å². The van der Waals surface area contributed by atoms with Gasteiger partial charge in [0.2, 0.25) is 0 Å². The first-order valence-electron chi connectivity index (χ1n) is 5.36. The summed E-state index contributed by atoms with van der Waals surface area (Å²) in [4.78, 5) is 23.7. The average Bonchev–Trinajstić information content (AvgIpc) is 2.81. The van der Waals surface area contributed by atoms with Crippen LogP contribution in [-0.4, -0.2) is 20.9 Å². The van der Waals surface area contributed by atoms with Crippen molar-refractivity contribution >= 4 is 32.6 Å². The Bertz CT molecular complexity index is 744. The van der Waals surface area contributed by atoms with Gasteiger partial charge in [-0.2, -0.15) is 0 Å². The molecular formula is C12H7FN4OS. The summed E-state index contributed by atoms with van der Waals surface area (Å²) in [5.74, 6) is -0.726. The third kappa shape index (κ3) is 2.41. The molecule has 1 aromatic carbocycles. The summed E-state index contributed by atoms with van der Waals surface area (Å²) < 4.78 is 13.7. The summed E-state index contributed by atoms with van der Waals surface area (Å²) >= 11 is 1.20. The van der Waals surface area contributed by atoms with Crippen LogP contribution in [0.2, 0.25) is 0 Å². The molecule has 5 nitrogen and oxygen atoms in total. The maximum Gasteiger partial charge on any atom is 0.277 e. The molecule has 94 valence electrons. The fraction of sp³-hybridized carbons (Fsp3) is 0. The molecule has 0 fully saturated rings. The zero-order valence-electron chi connectivity index (χ0n) is 9.50. The van der Waals surface area contributed by atoms with E-state index in [1.807, 2.05) is 0 Å². The highest BCUT2D eigenvalue weighted by Gasteiger charge is 2.11. The third-order valence-electron chi connectivity index (χ3n) is 2.37. The Kier molecular flexibility index (Phi) is 2.88. The predicted molar refractivity (Wildman–Crippen MR) is 69.6 cm³/mol. The molecular weight excluding hydrogens is 267 g/mol. The number of nitrogens with zero attached hydrogens (tertiary/aromatic N) is 3. The fourth-order valence-electron chi connectivity index (χ4n) is 1.53. The number of halogens is 1. The molecule has 19 heavy (non-hydrogen) atoms. The van der Waals surface area contributed by atoms with Crippen LogP contribution in [0.4, 0.5) is 9.52 Å². The smallest absolute Gasteiger partial charge is 0.277 e. The zero-order valence-corrected chi connectivity index (χ0v) is 10.3. The number of rotatable bonds is 2. The van der Waals surface area contributed by atoms with Gasteiger partial charge in [-0.1, -0.05) is 11.3 Å². The lowest BCUT2D eigenvalue weighted by Crippen LogP contribution is -2.13. The monoisotopic (exact) mass is 274 g/mol. The second-order valence-electron chi connectivity index (χ2n) is 3.68. The molecule has 0 radical (unpaired) electrons. The van der Waals surface area contributed by atoms with Gasteiger partial charge in [0.25, 0.3) is 5.91 Å². The van der Waals surface area contributed by atoms with E-state index in [0.29, 0.717) is 15.3 Å². The second-order valence-corrected chi connectivity index (χ2v) is 4.71. The largest absolute Gasteiger partial charge is 0.296 e. The molecule has 0 spiro atoms. The molecule has 0 aliphatic rings. The van der Waals surface area contributed by atoms with E-state index < -0.39 is 5.91 Å².